The minimum Gasteiger partial charge on any atom is -0.264 e. The van der Waals surface area contributed by atoms with Gasteiger partial charge in [0.25, 0.3) is 0 Å². The Kier molecular flexibility index (Phi) is 3.45. The van der Waals surface area contributed by atoms with Crippen LogP contribution in [0.2, 0.25) is 0 Å². The Balaban J connectivity index is 1.66. The quantitative estimate of drug-likeness (QED) is 0.692. The van der Waals surface area contributed by atoms with Crippen molar-refractivity contribution >= 4 is 0 Å². The monoisotopic (exact) mass is 300 g/mol. The normalized spacial score (nSPS) is 13.0. The first-order valence-electron chi connectivity index (χ1n) is 8.18. The highest BCUT2D eigenvalue weighted by molar-refractivity contribution is 5.77. The molecule has 1 aromatic carbocycles. The fraction of sp³-hybridized carbons (Fsp3) is 0.238. The number of aromatic nitrogens is 2. The summed E-state index contributed by atoms with van der Waals surface area (Å²) in [6.07, 6.45) is 9.98. The van der Waals surface area contributed by atoms with Crippen LogP contribution in [0.25, 0.3) is 11.1 Å². The molecule has 0 aliphatic heterocycles. The molecular weight excluding hydrogens is 280 g/mol. The Hall–Kier alpha value is -2.48. The van der Waals surface area contributed by atoms with Gasteiger partial charge in [-0.15, -0.1) is 0 Å². The van der Waals surface area contributed by atoms with Crippen molar-refractivity contribution < 1.29 is 0 Å². The molecule has 0 fully saturated rings. The van der Waals surface area contributed by atoms with Crippen LogP contribution in [0, 0.1) is 13.8 Å². The number of hydrogen-bond acceptors (Lipinski definition) is 2. The summed E-state index contributed by atoms with van der Waals surface area (Å²) in [6, 6.07) is 11.2. The molecule has 1 aliphatic rings. The maximum Gasteiger partial charge on any atom is 0.0350 e. The first kappa shape index (κ1) is 14.1. The number of rotatable bonds is 3. The third-order valence-electron chi connectivity index (χ3n) is 4.75. The van der Waals surface area contributed by atoms with E-state index in [2.05, 4.69) is 54.1 Å². The molecule has 0 atom stereocenters. The molecule has 0 bridgehead atoms. The van der Waals surface area contributed by atoms with Crippen LogP contribution >= 0.6 is 0 Å². The van der Waals surface area contributed by atoms with Crippen LogP contribution in [0.1, 0.15) is 40.2 Å². The van der Waals surface area contributed by atoms with E-state index >= 15 is 0 Å². The zero-order valence-electron chi connectivity index (χ0n) is 13.6. The average Bonchev–Trinajstić information content (AvgIpc) is 2.86. The Bertz CT molecular complexity index is 801. The number of fused-ring (bicyclic) bond motifs is 3. The number of benzene rings is 1. The minimum absolute atomic E-state index is 0.451. The van der Waals surface area contributed by atoms with Crippen LogP contribution in [0.4, 0.5) is 0 Å². The third-order valence-corrected chi connectivity index (χ3v) is 4.75. The van der Waals surface area contributed by atoms with Crippen molar-refractivity contribution in [3.8, 4) is 11.1 Å². The summed E-state index contributed by atoms with van der Waals surface area (Å²) in [5.74, 6) is 0.451. The molecule has 0 amide bonds. The highest BCUT2D eigenvalue weighted by atomic mass is 14.7. The van der Waals surface area contributed by atoms with Crippen molar-refractivity contribution in [2.24, 2.45) is 0 Å². The van der Waals surface area contributed by atoms with Crippen LogP contribution in [0.15, 0.2) is 55.1 Å². The number of aryl methyl sites for hydroxylation is 3. The molecule has 1 aliphatic carbocycles. The minimum atomic E-state index is 0.451. The summed E-state index contributed by atoms with van der Waals surface area (Å²) >= 11 is 0. The van der Waals surface area contributed by atoms with Gasteiger partial charge in [-0.25, -0.2) is 0 Å². The molecule has 0 saturated carbocycles. The van der Waals surface area contributed by atoms with Crippen molar-refractivity contribution in [3.63, 3.8) is 0 Å². The molecule has 3 aromatic rings. The van der Waals surface area contributed by atoms with Gasteiger partial charge in [0.2, 0.25) is 0 Å². The van der Waals surface area contributed by atoms with Crippen molar-refractivity contribution in [2.75, 3.05) is 0 Å². The van der Waals surface area contributed by atoms with Crippen LogP contribution in [-0.2, 0) is 6.42 Å². The third kappa shape index (κ3) is 2.55. The molecule has 2 heteroatoms. The molecule has 0 saturated heterocycles. The van der Waals surface area contributed by atoms with Gasteiger partial charge in [-0.05, 0) is 55.5 Å². The number of hydrogen-bond donors (Lipinski definition) is 0. The summed E-state index contributed by atoms with van der Waals surface area (Å²) < 4.78 is 0. The lowest BCUT2D eigenvalue weighted by molar-refractivity contribution is 0.727. The van der Waals surface area contributed by atoms with Crippen LogP contribution in [0.5, 0.6) is 0 Å². The van der Waals surface area contributed by atoms with Gasteiger partial charge in [0.1, 0.15) is 0 Å². The van der Waals surface area contributed by atoms with Gasteiger partial charge >= 0.3 is 0 Å². The maximum absolute atomic E-state index is 4.30. The molecule has 0 unspecified atom stereocenters. The summed E-state index contributed by atoms with van der Waals surface area (Å²) in [5, 5.41) is 0. The van der Waals surface area contributed by atoms with E-state index in [0.29, 0.717) is 5.92 Å². The topological polar surface area (TPSA) is 25.8 Å². The second kappa shape index (κ2) is 5.62. The zero-order valence-corrected chi connectivity index (χ0v) is 13.6. The second-order valence-corrected chi connectivity index (χ2v) is 6.51. The van der Waals surface area contributed by atoms with Gasteiger partial charge in [0.05, 0.1) is 0 Å². The Morgan fingerprint density at radius 1 is 0.826 bits per heavy atom. The smallest absolute Gasteiger partial charge is 0.0350 e. The van der Waals surface area contributed by atoms with E-state index in [4.69, 9.17) is 0 Å². The molecule has 2 heterocycles. The average molecular weight is 300 g/mol. The lowest BCUT2D eigenvalue weighted by Crippen LogP contribution is -2.00. The SMILES string of the molecule is Cc1cc(C)cc(CCC2c3ccncc3-c3cnccc32)c1. The van der Waals surface area contributed by atoms with E-state index in [0.717, 1.165) is 12.8 Å². The van der Waals surface area contributed by atoms with Gasteiger partial charge < -0.3 is 0 Å². The molecule has 0 radical (unpaired) electrons. The lowest BCUT2D eigenvalue weighted by atomic mass is 9.90. The first-order chi connectivity index (χ1) is 11.2. The zero-order chi connectivity index (χ0) is 15.8. The van der Waals surface area contributed by atoms with Gasteiger partial charge in [0.15, 0.2) is 0 Å². The van der Waals surface area contributed by atoms with Crippen LogP contribution in [-0.4, -0.2) is 9.97 Å². The maximum atomic E-state index is 4.30. The lowest BCUT2D eigenvalue weighted by Gasteiger charge is -2.14. The molecule has 2 aromatic heterocycles. The summed E-state index contributed by atoms with van der Waals surface area (Å²) in [7, 11) is 0. The molecule has 2 nitrogen and oxygen atoms in total. The number of nitrogens with zero attached hydrogens (tertiary/aromatic N) is 2. The Labute approximate surface area is 137 Å². The molecule has 114 valence electrons. The molecule has 4 rings (SSSR count). The first-order valence-corrected chi connectivity index (χ1v) is 8.18. The highest BCUT2D eigenvalue weighted by Crippen LogP contribution is 2.45. The fourth-order valence-corrected chi connectivity index (χ4v) is 3.87. The van der Waals surface area contributed by atoms with Crippen molar-refractivity contribution in [3.05, 3.63) is 82.9 Å². The van der Waals surface area contributed by atoms with Crippen LogP contribution < -0.4 is 0 Å². The van der Waals surface area contributed by atoms with Gasteiger partial charge in [-0.1, -0.05) is 29.3 Å². The Morgan fingerprint density at radius 2 is 1.39 bits per heavy atom. The number of pyridine rings is 2. The predicted molar refractivity (Wildman–Crippen MR) is 93.5 cm³/mol. The van der Waals surface area contributed by atoms with Gasteiger partial charge in [0, 0.05) is 41.8 Å². The van der Waals surface area contributed by atoms with Crippen LogP contribution in [0.3, 0.4) is 0 Å². The standard InChI is InChI=1S/C21H20N2/c1-14-9-15(2)11-16(10-14)3-4-17-18-5-7-22-12-20(18)21-13-23-8-6-19(17)21/h5-13,17H,3-4H2,1-2H3. The van der Waals surface area contributed by atoms with E-state index in [1.807, 2.05) is 24.8 Å². The van der Waals surface area contributed by atoms with Crippen molar-refractivity contribution in [1.82, 2.24) is 9.97 Å². The summed E-state index contributed by atoms with van der Waals surface area (Å²) in [4.78, 5) is 8.61. The van der Waals surface area contributed by atoms with E-state index in [-0.39, 0.29) is 0 Å². The van der Waals surface area contributed by atoms with Crippen molar-refractivity contribution in [2.45, 2.75) is 32.6 Å². The van der Waals surface area contributed by atoms with E-state index in [1.54, 1.807) is 0 Å². The fourth-order valence-electron chi connectivity index (χ4n) is 3.87. The Morgan fingerprint density at radius 3 is 1.96 bits per heavy atom. The van der Waals surface area contributed by atoms with Gasteiger partial charge in [-0.2, -0.15) is 0 Å². The molecule has 23 heavy (non-hydrogen) atoms. The van der Waals surface area contributed by atoms with E-state index in [9.17, 15) is 0 Å². The molecule has 0 N–H and O–H groups in total. The second-order valence-electron chi connectivity index (χ2n) is 6.51. The highest BCUT2D eigenvalue weighted by Gasteiger charge is 2.28. The van der Waals surface area contributed by atoms with E-state index in [1.165, 1.54) is 38.9 Å². The molecular formula is C21H20N2. The largest absolute Gasteiger partial charge is 0.264 e. The predicted octanol–water partition coefficient (Wildman–Crippen LogP) is 4.84. The summed E-state index contributed by atoms with van der Waals surface area (Å²) in [5.41, 5.74) is 9.42. The molecule has 0 spiro atoms. The summed E-state index contributed by atoms with van der Waals surface area (Å²) in [6.45, 7) is 4.35. The van der Waals surface area contributed by atoms with E-state index < -0.39 is 0 Å². The van der Waals surface area contributed by atoms with Gasteiger partial charge in [-0.3, -0.25) is 9.97 Å². The van der Waals surface area contributed by atoms with Crippen molar-refractivity contribution in [1.29, 1.82) is 0 Å².